The molecule has 0 unspecified atom stereocenters. The Morgan fingerprint density at radius 2 is 1.39 bits per heavy atom. The summed E-state index contributed by atoms with van der Waals surface area (Å²) in [4.78, 5) is 35.8. The van der Waals surface area contributed by atoms with Gasteiger partial charge in [-0.15, -0.1) is 0 Å². The van der Waals surface area contributed by atoms with Crippen molar-refractivity contribution < 1.29 is 24.2 Å². The van der Waals surface area contributed by atoms with Gasteiger partial charge in [-0.2, -0.15) is 0 Å². The number of alkyl carbamates (subject to hydrolysis) is 1. The number of amides is 1. The first-order chi connectivity index (χ1) is 15.0. The molecule has 1 aliphatic carbocycles. The molecule has 1 atom stereocenters. The van der Waals surface area contributed by atoms with E-state index in [2.05, 4.69) is 5.32 Å². The average Bonchev–Trinajstić information content (AvgIpc) is 3.11. The largest absolute Gasteiger partial charge is 0.475 e. The van der Waals surface area contributed by atoms with Crippen LogP contribution in [0.25, 0.3) is 11.1 Å². The van der Waals surface area contributed by atoms with Crippen LogP contribution in [0.2, 0.25) is 0 Å². The number of hydrogen-bond donors (Lipinski definition) is 2. The van der Waals surface area contributed by atoms with Gasteiger partial charge in [0, 0.05) is 12.3 Å². The minimum absolute atomic E-state index is 0.0656. The molecule has 3 aromatic rings. The van der Waals surface area contributed by atoms with E-state index in [0.29, 0.717) is 0 Å². The smallest absolute Gasteiger partial charge is 0.407 e. The van der Waals surface area contributed by atoms with Gasteiger partial charge >= 0.3 is 12.1 Å². The highest BCUT2D eigenvalue weighted by molar-refractivity contribution is 6.35. The second-order valence-electron chi connectivity index (χ2n) is 7.38. The predicted octanol–water partition coefficient (Wildman–Crippen LogP) is 3.79. The molecule has 2 N–H and O–H groups in total. The second-order valence-corrected chi connectivity index (χ2v) is 7.38. The van der Waals surface area contributed by atoms with Crippen molar-refractivity contribution in [2.45, 2.75) is 18.4 Å². The third-order valence-corrected chi connectivity index (χ3v) is 5.45. The van der Waals surface area contributed by atoms with Crippen molar-refractivity contribution in [3.05, 3.63) is 95.6 Å². The van der Waals surface area contributed by atoms with Crippen LogP contribution in [-0.2, 0) is 20.7 Å². The molecule has 0 saturated heterocycles. The summed E-state index contributed by atoms with van der Waals surface area (Å²) in [5.74, 6) is -2.81. The van der Waals surface area contributed by atoms with Gasteiger partial charge in [0.25, 0.3) is 5.78 Å². The number of rotatable bonds is 7. The van der Waals surface area contributed by atoms with Gasteiger partial charge in [0.15, 0.2) is 0 Å². The molecule has 0 bridgehead atoms. The number of benzene rings is 3. The number of ether oxygens (including phenoxy) is 1. The topological polar surface area (TPSA) is 92.7 Å². The Hall–Kier alpha value is -3.93. The SMILES string of the molecule is O=C(N[C@@H](Cc1ccccc1)C(=O)C(=O)O)OCC1c2ccccc2-c2ccccc21. The highest BCUT2D eigenvalue weighted by Crippen LogP contribution is 2.44. The van der Waals surface area contributed by atoms with Crippen LogP contribution < -0.4 is 5.32 Å². The van der Waals surface area contributed by atoms with E-state index in [9.17, 15) is 14.4 Å². The van der Waals surface area contributed by atoms with Crippen molar-refractivity contribution in [1.82, 2.24) is 5.32 Å². The van der Waals surface area contributed by atoms with Gasteiger partial charge in [0.1, 0.15) is 12.6 Å². The maximum atomic E-state index is 12.5. The number of carbonyl (C=O) groups excluding carboxylic acids is 2. The third-order valence-electron chi connectivity index (χ3n) is 5.45. The van der Waals surface area contributed by atoms with E-state index >= 15 is 0 Å². The van der Waals surface area contributed by atoms with E-state index in [0.717, 1.165) is 27.8 Å². The second kappa shape index (κ2) is 8.83. The summed E-state index contributed by atoms with van der Waals surface area (Å²) in [6.45, 7) is 0.0825. The molecule has 156 valence electrons. The van der Waals surface area contributed by atoms with E-state index in [-0.39, 0.29) is 18.9 Å². The number of ketones is 1. The molecule has 0 fully saturated rings. The molecule has 1 aliphatic rings. The molecular formula is C25H21NO5. The van der Waals surface area contributed by atoms with Gasteiger partial charge in [-0.3, -0.25) is 4.79 Å². The van der Waals surface area contributed by atoms with E-state index in [1.54, 1.807) is 24.3 Å². The first-order valence-electron chi connectivity index (χ1n) is 9.97. The lowest BCUT2D eigenvalue weighted by molar-refractivity contribution is -0.150. The molecule has 0 saturated carbocycles. The van der Waals surface area contributed by atoms with Gasteiger partial charge in [-0.05, 0) is 27.8 Å². The Balaban J connectivity index is 1.46. The highest BCUT2D eigenvalue weighted by Gasteiger charge is 2.31. The number of aliphatic carboxylic acids is 1. The van der Waals surface area contributed by atoms with Gasteiger partial charge in [-0.1, -0.05) is 78.9 Å². The summed E-state index contributed by atoms with van der Waals surface area (Å²) in [6.07, 6.45) is -0.756. The van der Waals surface area contributed by atoms with Crippen LogP contribution in [0.15, 0.2) is 78.9 Å². The van der Waals surface area contributed by atoms with Crippen LogP contribution in [0.1, 0.15) is 22.6 Å². The van der Waals surface area contributed by atoms with Crippen LogP contribution in [-0.4, -0.2) is 35.6 Å². The standard InChI is InChI=1S/C25H21NO5/c27-23(24(28)29)22(14-16-8-2-1-3-9-16)26-25(30)31-15-21-19-12-6-4-10-17(19)18-11-5-7-13-20(18)21/h1-13,21-22H,14-15H2,(H,26,30)(H,28,29)/t22-/m0/s1. The summed E-state index contributed by atoms with van der Waals surface area (Å²) in [5, 5.41) is 11.5. The van der Waals surface area contributed by atoms with Crippen molar-refractivity contribution in [2.24, 2.45) is 0 Å². The fraction of sp³-hybridized carbons (Fsp3) is 0.160. The summed E-state index contributed by atoms with van der Waals surface area (Å²) in [7, 11) is 0. The lowest BCUT2D eigenvalue weighted by Gasteiger charge is -2.18. The molecule has 0 radical (unpaired) electrons. The van der Waals surface area contributed by atoms with E-state index < -0.39 is 23.9 Å². The maximum absolute atomic E-state index is 12.5. The zero-order valence-electron chi connectivity index (χ0n) is 16.7. The molecule has 4 rings (SSSR count). The zero-order chi connectivity index (χ0) is 21.8. The van der Waals surface area contributed by atoms with Crippen LogP contribution in [0.4, 0.5) is 4.79 Å². The average molecular weight is 415 g/mol. The van der Waals surface area contributed by atoms with Crippen molar-refractivity contribution in [1.29, 1.82) is 0 Å². The number of hydrogen-bond acceptors (Lipinski definition) is 4. The molecule has 6 nitrogen and oxygen atoms in total. The molecule has 0 aromatic heterocycles. The molecule has 3 aromatic carbocycles. The Morgan fingerprint density at radius 3 is 1.97 bits per heavy atom. The molecule has 6 heteroatoms. The van der Waals surface area contributed by atoms with Crippen LogP contribution in [0, 0.1) is 0 Å². The quantitative estimate of drug-likeness (QED) is 0.573. The Morgan fingerprint density at radius 1 is 0.839 bits per heavy atom. The zero-order valence-corrected chi connectivity index (χ0v) is 16.7. The van der Waals surface area contributed by atoms with Crippen LogP contribution >= 0.6 is 0 Å². The summed E-state index contributed by atoms with van der Waals surface area (Å²) >= 11 is 0. The van der Waals surface area contributed by atoms with E-state index in [4.69, 9.17) is 9.84 Å². The molecule has 31 heavy (non-hydrogen) atoms. The van der Waals surface area contributed by atoms with Crippen LogP contribution in [0.5, 0.6) is 0 Å². The number of Topliss-reactive ketones (excluding diaryl/α,β-unsaturated/α-hetero) is 1. The van der Waals surface area contributed by atoms with Crippen LogP contribution in [0.3, 0.4) is 0 Å². The first-order valence-corrected chi connectivity index (χ1v) is 9.97. The Kier molecular flexibility index (Phi) is 5.80. The van der Waals surface area contributed by atoms with Gasteiger partial charge in [0.2, 0.25) is 0 Å². The molecule has 0 spiro atoms. The van der Waals surface area contributed by atoms with Crippen molar-refractivity contribution in [3.8, 4) is 11.1 Å². The first kappa shape index (κ1) is 20.3. The predicted molar refractivity (Wildman–Crippen MR) is 115 cm³/mol. The summed E-state index contributed by atoms with van der Waals surface area (Å²) < 4.78 is 5.44. The number of fused-ring (bicyclic) bond motifs is 3. The minimum Gasteiger partial charge on any atom is -0.475 e. The molecule has 0 aliphatic heterocycles. The minimum atomic E-state index is -1.60. The Bertz CT molecular complexity index is 1080. The Labute approximate surface area is 179 Å². The number of carboxylic acids is 1. The van der Waals surface area contributed by atoms with Crippen molar-refractivity contribution in [3.63, 3.8) is 0 Å². The molecule has 1 amide bonds. The molecule has 0 heterocycles. The molecular weight excluding hydrogens is 394 g/mol. The van der Waals surface area contributed by atoms with Gasteiger partial charge in [-0.25, -0.2) is 9.59 Å². The number of carboxylic acid groups (broad SMARTS) is 1. The third kappa shape index (κ3) is 4.33. The number of carbonyl (C=O) groups is 3. The van der Waals surface area contributed by atoms with Gasteiger partial charge < -0.3 is 15.2 Å². The lowest BCUT2D eigenvalue weighted by atomic mass is 9.98. The fourth-order valence-corrected chi connectivity index (χ4v) is 3.99. The van der Waals surface area contributed by atoms with E-state index in [1.165, 1.54) is 0 Å². The maximum Gasteiger partial charge on any atom is 0.407 e. The summed E-state index contributed by atoms with van der Waals surface area (Å²) in [5.41, 5.74) is 5.09. The van der Waals surface area contributed by atoms with Crippen molar-refractivity contribution >= 4 is 17.8 Å². The summed E-state index contributed by atoms with van der Waals surface area (Å²) in [6, 6.07) is 23.6. The normalized spacial score (nSPS) is 13.0. The fourth-order valence-electron chi connectivity index (χ4n) is 3.99. The van der Waals surface area contributed by atoms with Crippen molar-refractivity contribution in [2.75, 3.05) is 6.61 Å². The van der Waals surface area contributed by atoms with Gasteiger partial charge in [0.05, 0.1) is 0 Å². The number of nitrogens with one attached hydrogen (secondary N) is 1. The lowest BCUT2D eigenvalue weighted by Crippen LogP contribution is -2.45. The monoisotopic (exact) mass is 415 g/mol. The van der Waals surface area contributed by atoms with E-state index in [1.807, 2.05) is 54.6 Å². The highest BCUT2D eigenvalue weighted by atomic mass is 16.5.